The Bertz CT molecular complexity index is 835. The van der Waals surface area contributed by atoms with Crippen molar-refractivity contribution >= 4 is 23.4 Å². The molecule has 0 unspecified atom stereocenters. The Kier molecular flexibility index (Phi) is 2.60. The second-order valence-corrected chi connectivity index (χ2v) is 5.33. The van der Waals surface area contributed by atoms with Gasteiger partial charge in [-0.1, -0.05) is 6.07 Å². The number of nitrogens with zero attached hydrogens (tertiary/aromatic N) is 3. The number of fused-ring (bicyclic) bond motifs is 1. The minimum absolute atomic E-state index is 0.703. The fourth-order valence-corrected chi connectivity index (χ4v) is 2.71. The first-order valence-corrected chi connectivity index (χ1v) is 6.62. The molecular formula is C14H16N4S. The van der Waals surface area contributed by atoms with Crippen LogP contribution in [0.25, 0.3) is 16.9 Å². The molecule has 0 bridgehead atoms. The largest absolute Gasteiger partial charge is 0.327 e. The van der Waals surface area contributed by atoms with Crippen LogP contribution in [0, 0.1) is 25.5 Å². The molecule has 0 saturated heterocycles. The molecule has 19 heavy (non-hydrogen) atoms. The minimum Gasteiger partial charge on any atom is -0.327 e. The highest BCUT2D eigenvalue weighted by Crippen LogP contribution is 2.22. The van der Waals surface area contributed by atoms with Crippen molar-refractivity contribution in [2.45, 2.75) is 20.8 Å². The summed E-state index contributed by atoms with van der Waals surface area (Å²) in [5.41, 5.74) is 6.58. The third kappa shape index (κ3) is 1.73. The molecule has 0 amide bonds. The van der Waals surface area contributed by atoms with Crippen LogP contribution in [0.5, 0.6) is 0 Å². The number of aryl methyl sites for hydroxylation is 4. The van der Waals surface area contributed by atoms with Gasteiger partial charge in [0.25, 0.3) is 0 Å². The summed E-state index contributed by atoms with van der Waals surface area (Å²) in [7, 11) is 1.94. The van der Waals surface area contributed by atoms with E-state index in [1.807, 2.05) is 23.2 Å². The molecule has 0 aliphatic heterocycles. The molecule has 0 atom stereocenters. The Balaban J connectivity index is 2.38. The highest BCUT2D eigenvalue weighted by Gasteiger charge is 2.14. The fourth-order valence-electron chi connectivity index (χ4n) is 2.41. The predicted molar refractivity (Wildman–Crippen MR) is 79.4 cm³/mol. The van der Waals surface area contributed by atoms with Crippen molar-refractivity contribution in [3.8, 4) is 5.69 Å². The van der Waals surface area contributed by atoms with Crippen LogP contribution in [0.2, 0.25) is 0 Å². The van der Waals surface area contributed by atoms with E-state index in [9.17, 15) is 0 Å². The molecule has 3 rings (SSSR count). The normalized spacial score (nSPS) is 11.4. The number of rotatable bonds is 1. The molecular weight excluding hydrogens is 256 g/mol. The van der Waals surface area contributed by atoms with Crippen LogP contribution in [0.1, 0.15) is 16.8 Å². The van der Waals surface area contributed by atoms with Crippen LogP contribution in [-0.4, -0.2) is 19.3 Å². The van der Waals surface area contributed by atoms with Gasteiger partial charge >= 0.3 is 0 Å². The first kappa shape index (κ1) is 12.2. The number of H-pyrrole nitrogens is 1. The molecule has 1 N–H and O–H groups in total. The first-order valence-electron chi connectivity index (χ1n) is 6.21. The van der Waals surface area contributed by atoms with Gasteiger partial charge in [-0.15, -0.1) is 0 Å². The van der Waals surface area contributed by atoms with Gasteiger partial charge in [-0.25, -0.2) is 4.68 Å². The van der Waals surface area contributed by atoms with Gasteiger partial charge in [0, 0.05) is 7.05 Å². The SMILES string of the molecule is Cc1ccc(-n2c(=S)[nH]c3c(C)nn(C)c32)cc1C. The lowest BCUT2D eigenvalue weighted by molar-refractivity contribution is 0.759. The highest BCUT2D eigenvalue weighted by molar-refractivity contribution is 7.71. The zero-order valence-corrected chi connectivity index (χ0v) is 12.3. The van der Waals surface area contributed by atoms with E-state index in [1.165, 1.54) is 11.1 Å². The number of hydrogen-bond acceptors (Lipinski definition) is 2. The first-order chi connectivity index (χ1) is 8.99. The Morgan fingerprint density at radius 2 is 1.89 bits per heavy atom. The molecule has 0 aliphatic rings. The summed E-state index contributed by atoms with van der Waals surface area (Å²) in [6.45, 7) is 6.21. The zero-order chi connectivity index (χ0) is 13.7. The molecule has 4 nitrogen and oxygen atoms in total. The molecule has 0 fully saturated rings. The highest BCUT2D eigenvalue weighted by atomic mass is 32.1. The van der Waals surface area contributed by atoms with Gasteiger partial charge in [-0.05, 0) is 56.2 Å². The lowest BCUT2D eigenvalue weighted by Gasteiger charge is -2.07. The van der Waals surface area contributed by atoms with Crippen molar-refractivity contribution < 1.29 is 0 Å². The van der Waals surface area contributed by atoms with Gasteiger partial charge in [0.2, 0.25) is 0 Å². The molecule has 0 radical (unpaired) electrons. The molecule has 2 heterocycles. The molecule has 2 aromatic heterocycles. The van der Waals surface area contributed by atoms with Crippen molar-refractivity contribution in [3.63, 3.8) is 0 Å². The minimum atomic E-state index is 0.703. The van der Waals surface area contributed by atoms with Crippen LogP contribution >= 0.6 is 12.2 Å². The fraction of sp³-hybridized carbons (Fsp3) is 0.286. The summed E-state index contributed by atoms with van der Waals surface area (Å²) in [5, 5.41) is 4.44. The third-order valence-electron chi connectivity index (χ3n) is 3.59. The van der Waals surface area contributed by atoms with E-state index in [-0.39, 0.29) is 0 Å². The van der Waals surface area contributed by atoms with Gasteiger partial charge in [-0.2, -0.15) is 5.10 Å². The Hall–Kier alpha value is -1.88. The van der Waals surface area contributed by atoms with Crippen molar-refractivity contribution in [3.05, 3.63) is 39.8 Å². The molecule has 0 saturated carbocycles. The average molecular weight is 272 g/mol. The second kappa shape index (κ2) is 4.06. The number of aromatic amines is 1. The van der Waals surface area contributed by atoms with Crippen molar-refractivity contribution in [1.29, 1.82) is 0 Å². The molecule has 5 heteroatoms. The van der Waals surface area contributed by atoms with Crippen molar-refractivity contribution in [1.82, 2.24) is 19.3 Å². The summed E-state index contributed by atoms with van der Waals surface area (Å²) in [5.74, 6) is 0. The van der Waals surface area contributed by atoms with Crippen LogP contribution in [-0.2, 0) is 7.05 Å². The molecule has 1 aromatic carbocycles. The van der Waals surface area contributed by atoms with E-state index in [4.69, 9.17) is 12.2 Å². The van der Waals surface area contributed by atoms with E-state index < -0.39 is 0 Å². The Morgan fingerprint density at radius 1 is 1.16 bits per heavy atom. The molecule has 0 spiro atoms. The van der Waals surface area contributed by atoms with E-state index in [0.717, 1.165) is 22.5 Å². The molecule has 3 aromatic rings. The van der Waals surface area contributed by atoms with Gasteiger partial charge in [0.1, 0.15) is 5.52 Å². The van der Waals surface area contributed by atoms with Gasteiger partial charge in [0.15, 0.2) is 10.4 Å². The van der Waals surface area contributed by atoms with Crippen LogP contribution in [0.4, 0.5) is 0 Å². The maximum Gasteiger partial charge on any atom is 0.184 e. The Morgan fingerprint density at radius 3 is 2.58 bits per heavy atom. The van der Waals surface area contributed by atoms with Crippen LogP contribution in [0.3, 0.4) is 0 Å². The van der Waals surface area contributed by atoms with E-state index >= 15 is 0 Å². The van der Waals surface area contributed by atoms with Crippen molar-refractivity contribution in [2.24, 2.45) is 7.05 Å². The topological polar surface area (TPSA) is 38.5 Å². The van der Waals surface area contributed by atoms with E-state index in [0.29, 0.717) is 4.77 Å². The molecule has 98 valence electrons. The lowest BCUT2D eigenvalue weighted by atomic mass is 10.1. The van der Waals surface area contributed by atoms with Crippen LogP contribution in [0.15, 0.2) is 18.2 Å². The lowest BCUT2D eigenvalue weighted by Crippen LogP contribution is -2.01. The third-order valence-corrected chi connectivity index (χ3v) is 3.87. The van der Waals surface area contributed by atoms with Crippen molar-refractivity contribution in [2.75, 3.05) is 0 Å². The monoisotopic (exact) mass is 272 g/mol. The zero-order valence-electron chi connectivity index (χ0n) is 11.5. The maximum atomic E-state index is 5.45. The van der Waals surface area contributed by atoms with Crippen LogP contribution < -0.4 is 0 Å². The number of aromatic nitrogens is 4. The smallest absolute Gasteiger partial charge is 0.184 e. The molecule has 0 aliphatic carbocycles. The van der Waals surface area contributed by atoms with Gasteiger partial charge in [0.05, 0.1) is 11.4 Å². The summed E-state index contributed by atoms with van der Waals surface area (Å²) >= 11 is 5.45. The van der Waals surface area contributed by atoms with Gasteiger partial charge < -0.3 is 4.98 Å². The number of benzene rings is 1. The van der Waals surface area contributed by atoms with E-state index in [2.05, 4.69) is 42.1 Å². The predicted octanol–water partition coefficient (Wildman–Crippen LogP) is 3.35. The number of nitrogens with one attached hydrogen (secondary N) is 1. The van der Waals surface area contributed by atoms with E-state index in [1.54, 1.807) is 0 Å². The summed E-state index contributed by atoms with van der Waals surface area (Å²) in [6, 6.07) is 6.36. The quantitative estimate of drug-likeness (QED) is 0.690. The summed E-state index contributed by atoms with van der Waals surface area (Å²) < 4.78 is 4.61. The van der Waals surface area contributed by atoms with Gasteiger partial charge in [-0.3, -0.25) is 4.57 Å². The standard InChI is InChI=1S/C14H16N4S/c1-8-5-6-11(7-9(8)2)18-13-12(15-14(18)19)10(3)16-17(13)4/h5-7H,1-4H3,(H,15,19). The second-order valence-electron chi connectivity index (χ2n) is 4.94. The number of hydrogen-bond donors (Lipinski definition) is 1. The average Bonchev–Trinajstić information content (AvgIpc) is 2.82. The summed E-state index contributed by atoms with van der Waals surface area (Å²) in [6.07, 6.45) is 0. The summed E-state index contributed by atoms with van der Waals surface area (Å²) in [4.78, 5) is 3.24. The number of imidazole rings is 1. The maximum absolute atomic E-state index is 5.45. The Labute approximate surface area is 116 Å².